The number of rotatable bonds is 4. The van der Waals surface area contributed by atoms with Crippen LogP contribution in [0.5, 0.6) is 17.2 Å². The Hall–Kier alpha value is -1.88. The zero-order chi connectivity index (χ0) is 14.7. The molecule has 0 heterocycles. The average molecular weight is 338 g/mol. The molecule has 0 aromatic heterocycles. The highest BCUT2D eigenvalue weighted by molar-refractivity contribution is 9.10. The van der Waals surface area contributed by atoms with E-state index in [1.165, 1.54) is 6.07 Å². The molecular formula is C15H16BrNO3. The largest absolute Gasteiger partial charge is 0.504 e. The minimum absolute atomic E-state index is 0.298. The Morgan fingerprint density at radius 2 is 1.75 bits per heavy atom. The van der Waals surface area contributed by atoms with Gasteiger partial charge in [-0.15, -0.1) is 0 Å². The molecular weight excluding hydrogens is 322 g/mol. The summed E-state index contributed by atoms with van der Waals surface area (Å²) >= 11 is 3.43. The van der Waals surface area contributed by atoms with Gasteiger partial charge in [-0.3, -0.25) is 0 Å². The number of hydrogen-bond acceptors (Lipinski definition) is 4. The van der Waals surface area contributed by atoms with Crippen LogP contribution in [0.3, 0.4) is 0 Å². The summed E-state index contributed by atoms with van der Waals surface area (Å²) in [6.45, 7) is 2.42. The molecule has 106 valence electrons. The molecule has 0 spiro atoms. The molecule has 0 aliphatic carbocycles. The third kappa shape index (κ3) is 2.99. The van der Waals surface area contributed by atoms with E-state index in [1.807, 2.05) is 18.2 Å². The second kappa shape index (κ2) is 6.05. The molecule has 2 aromatic carbocycles. The van der Waals surface area contributed by atoms with Gasteiger partial charge in [-0.05, 0) is 42.3 Å². The van der Waals surface area contributed by atoms with E-state index >= 15 is 0 Å². The normalized spacial score (nSPS) is 10.5. The number of halogens is 1. The summed E-state index contributed by atoms with van der Waals surface area (Å²) in [7, 11) is 0. The van der Waals surface area contributed by atoms with Crippen LogP contribution in [0.15, 0.2) is 34.8 Å². The van der Waals surface area contributed by atoms with Gasteiger partial charge in [0.2, 0.25) is 5.75 Å². The predicted octanol–water partition coefficient (Wildman–Crippen LogP) is 3.74. The van der Waals surface area contributed by atoms with E-state index in [1.54, 1.807) is 6.07 Å². The van der Waals surface area contributed by atoms with Crippen molar-refractivity contribution in [1.82, 2.24) is 0 Å². The van der Waals surface area contributed by atoms with Crippen molar-refractivity contribution in [2.45, 2.75) is 19.9 Å². The van der Waals surface area contributed by atoms with Crippen molar-refractivity contribution in [1.29, 1.82) is 0 Å². The van der Waals surface area contributed by atoms with E-state index in [4.69, 9.17) is 0 Å². The van der Waals surface area contributed by atoms with Gasteiger partial charge in [-0.2, -0.15) is 0 Å². The zero-order valence-electron chi connectivity index (χ0n) is 11.0. The highest BCUT2D eigenvalue weighted by Crippen LogP contribution is 2.37. The van der Waals surface area contributed by atoms with E-state index in [-0.39, 0.29) is 11.5 Å². The van der Waals surface area contributed by atoms with Crippen LogP contribution < -0.4 is 5.32 Å². The molecule has 0 radical (unpaired) electrons. The Balaban J connectivity index is 2.19. The predicted molar refractivity (Wildman–Crippen MR) is 82.3 cm³/mol. The molecule has 4 N–H and O–H groups in total. The number of aromatic hydroxyl groups is 3. The first-order valence-electron chi connectivity index (χ1n) is 6.28. The quantitative estimate of drug-likeness (QED) is 0.641. The van der Waals surface area contributed by atoms with Gasteiger partial charge in [-0.25, -0.2) is 0 Å². The summed E-state index contributed by atoms with van der Waals surface area (Å²) < 4.78 is 1.02. The molecule has 0 saturated carbocycles. The number of aryl methyl sites for hydroxylation is 1. The Labute approximate surface area is 125 Å². The number of nitrogens with one attached hydrogen (secondary N) is 1. The van der Waals surface area contributed by atoms with Crippen LogP contribution in [0.4, 0.5) is 5.69 Å². The van der Waals surface area contributed by atoms with E-state index in [2.05, 4.69) is 28.2 Å². The third-order valence-electron chi connectivity index (χ3n) is 3.13. The van der Waals surface area contributed by atoms with Crippen molar-refractivity contribution in [2.75, 3.05) is 5.32 Å². The maximum atomic E-state index is 9.77. The molecule has 0 atom stereocenters. The molecule has 20 heavy (non-hydrogen) atoms. The molecule has 0 fully saturated rings. The number of phenolic OH excluding ortho intramolecular Hbond substituents is 3. The van der Waals surface area contributed by atoms with Crippen LogP contribution in [0.1, 0.15) is 18.1 Å². The highest BCUT2D eigenvalue weighted by atomic mass is 79.9. The van der Waals surface area contributed by atoms with E-state index in [0.717, 1.165) is 22.1 Å². The van der Waals surface area contributed by atoms with Crippen LogP contribution in [0.25, 0.3) is 0 Å². The Bertz CT molecular complexity index is 629. The van der Waals surface area contributed by atoms with Gasteiger partial charge in [-0.1, -0.05) is 22.9 Å². The standard InChI is InChI=1S/C15H16BrNO3/c1-2-9-7-11(16)4-5-12(9)17-8-10-3-6-13(18)15(20)14(10)19/h3-7,17-20H,2,8H2,1H3. The molecule has 2 aromatic rings. The second-order valence-corrected chi connectivity index (χ2v) is 5.37. The van der Waals surface area contributed by atoms with E-state index in [9.17, 15) is 15.3 Å². The van der Waals surface area contributed by atoms with Gasteiger partial charge in [0, 0.05) is 22.3 Å². The lowest BCUT2D eigenvalue weighted by Gasteiger charge is -2.13. The minimum atomic E-state index is -0.490. The molecule has 0 aliphatic heterocycles. The van der Waals surface area contributed by atoms with Gasteiger partial charge in [0.05, 0.1) is 0 Å². The maximum absolute atomic E-state index is 9.77. The molecule has 0 unspecified atom stereocenters. The van der Waals surface area contributed by atoms with Crippen molar-refractivity contribution in [3.8, 4) is 17.2 Å². The number of phenols is 3. The van der Waals surface area contributed by atoms with Crippen LogP contribution in [-0.2, 0) is 13.0 Å². The van der Waals surface area contributed by atoms with E-state index in [0.29, 0.717) is 12.1 Å². The lowest BCUT2D eigenvalue weighted by Crippen LogP contribution is -2.02. The topological polar surface area (TPSA) is 72.7 Å². The van der Waals surface area contributed by atoms with Gasteiger partial charge in [0.15, 0.2) is 11.5 Å². The van der Waals surface area contributed by atoms with Crippen molar-refractivity contribution in [3.63, 3.8) is 0 Å². The Kier molecular flexibility index (Phi) is 4.39. The molecule has 0 amide bonds. The molecule has 0 bridgehead atoms. The summed E-state index contributed by atoms with van der Waals surface area (Å²) in [5, 5.41) is 31.8. The Morgan fingerprint density at radius 1 is 1.00 bits per heavy atom. The van der Waals surface area contributed by atoms with Crippen LogP contribution in [-0.4, -0.2) is 15.3 Å². The SMILES string of the molecule is CCc1cc(Br)ccc1NCc1ccc(O)c(O)c1O. The fourth-order valence-corrected chi connectivity index (χ4v) is 2.38. The van der Waals surface area contributed by atoms with Gasteiger partial charge < -0.3 is 20.6 Å². The minimum Gasteiger partial charge on any atom is -0.504 e. The van der Waals surface area contributed by atoms with Crippen molar-refractivity contribution in [2.24, 2.45) is 0 Å². The fraction of sp³-hybridized carbons (Fsp3) is 0.200. The number of benzene rings is 2. The first-order chi connectivity index (χ1) is 9.52. The first-order valence-corrected chi connectivity index (χ1v) is 7.07. The Morgan fingerprint density at radius 3 is 2.45 bits per heavy atom. The average Bonchev–Trinajstić information content (AvgIpc) is 2.45. The molecule has 0 saturated heterocycles. The molecule has 2 rings (SSSR count). The van der Waals surface area contributed by atoms with Crippen molar-refractivity contribution in [3.05, 3.63) is 45.9 Å². The molecule has 4 nitrogen and oxygen atoms in total. The zero-order valence-corrected chi connectivity index (χ0v) is 12.6. The smallest absolute Gasteiger partial charge is 0.200 e. The second-order valence-electron chi connectivity index (χ2n) is 4.45. The van der Waals surface area contributed by atoms with Crippen LogP contribution in [0, 0.1) is 0 Å². The van der Waals surface area contributed by atoms with E-state index < -0.39 is 5.75 Å². The van der Waals surface area contributed by atoms with Crippen molar-refractivity contribution >= 4 is 21.6 Å². The van der Waals surface area contributed by atoms with Crippen LogP contribution >= 0.6 is 15.9 Å². The number of hydrogen-bond donors (Lipinski definition) is 4. The van der Waals surface area contributed by atoms with Gasteiger partial charge in [0.1, 0.15) is 0 Å². The summed E-state index contributed by atoms with van der Waals surface area (Å²) in [6, 6.07) is 8.86. The highest BCUT2D eigenvalue weighted by Gasteiger charge is 2.11. The maximum Gasteiger partial charge on any atom is 0.200 e. The summed E-state index contributed by atoms with van der Waals surface area (Å²) in [5.74, 6) is -1.12. The lowest BCUT2D eigenvalue weighted by atomic mass is 10.1. The summed E-state index contributed by atoms with van der Waals surface area (Å²) in [5.41, 5.74) is 2.65. The third-order valence-corrected chi connectivity index (χ3v) is 3.62. The summed E-state index contributed by atoms with van der Waals surface area (Å²) in [6.07, 6.45) is 0.884. The summed E-state index contributed by atoms with van der Waals surface area (Å²) in [4.78, 5) is 0. The first kappa shape index (κ1) is 14.5. The van der Waals surface area contributed by atoms with Gasteiger partial charge in [0.25, 0.3) is 0 Å². The molecule has 5 heteroatoms. The van der Waals surface area contributed by atoms with Crippen molar-refractivity contribution < 1.29 is 15.3 Å². The monoisotopic (exact) mass is 337 g/mol. The van der Waals surface area contributed by atoms with Gasteiger partial charge >= 0.3 is 0 Å². The molecule has 0 aliphatic rings. The fourth-order valence-electron chi connectivity index (χ4n) is 1.97. The van der Waals surface area contributed by atoms with Crippen LogP contribution in [0.2, 0.25) is 0 Å². The lowest BCUT2D eigenvalue weighted by molar-refractivity contribution is 0.365. The number of anilines is 1.